The highest BCUT2D eigenvalue weighted by atomic mass is 16.4. The van der Waals surface area contributed by atoms with E-state index in [9.17, 15) is 9.59 Å². The number of hydrogen-bond acceptors (Lipinski definition) is 4. The number of carboxylic acid groups (broad SMARTS) is 2. The van der Waals surface area contributed by atoms with Crippen LogP contribution >= 0.6 is 0 Å². The summed E-state index contributed by atoms with van der Waals surface area (Å²) in [5, 5.41) is 25.9. The third-order valence-corrected chi connectivity index (χ3v) is 2.96. The van der Waals surface area contributed by atoms with Gasteiger partial charge in [-0.15, -0.1) is 0 Å². The first-order valence-corrected chi connectivity index (χ1v) is 6.90. The van der Waals surface area contributed by atoms with Gasteiger partial charge >= 0.3 is 11.9 Å². The molecule has 0 amide bonds. The third-order valence-electron chi connectivity index (χ3n) is 2.96. The van der Waals surface area contributed by atoms with E-state index in [-0.39, 0.29) is 0 Å². The molecule has 0 aliphatic rings. The Hall–Kier alpha value is -2.70. The minimum Gasteiger partial charge on any atom is -0.480 e. The molecule has 0 radical (unpaired) electrons. The van der Waals surface area contributed by atoms with Crippen molar-refractivity contribution in [2.45, 2.75) is 18.6 Å². The SMILES string of the molecule is NC(Cc1ccccc1)C(=O)O.O=C(O)C(O)c1ccccc1. The van der Waals surface area contributed by atoms with E-state index >= 15 is 0 Å². The summed E-state index contributed by atoms with van der Waals surface area (Å²) in [7, 11) is 0. The smallest absolute Gasteiger partial charge is 0.337 e. The van der Waals surface area contributed by atoms with Gasteiger partial charge in [0.25, 0.3) is 0 Å². The van der Waals surface area contributed by atoms with Gasteiger partial charge < -0.3 is 21.1 Å². The Balaban J connectivity index is 0.000000231. The molecule has 0 spiro atoms. The minimum atomic E-state index is -1.41. The summed E-state index contributed by atoms with van der Waals surface area (Å²) in [4.78, 5) is 20.6. The van der Waals surface area contributed by atoms with E-state index in [0.717, 1.165) is 5.56 Å². The highest BCUT2D eigenvalue weighted by molar-refractivity contribution is 5.74. The Labute approximate surface area is 133 Å². The molecule has 2 atom stereocenters. The number of nitrogens with two attached hydrogens (primary N) is 1. The largest absolute Gasteiger partial charge is 0.480 e. The summed E-state index contributed by atoms with van der Waals surface area (Å²) in [5.74, 6) is -2.19. The van der Waals surface area contributed by atoms with E-state index < -0.39 is 24.1 Å². The molecular weight excluding hydrogens is 298 g/mol. The Bertz CT molecular complexity index is 615. The lowest BCUT2D eigenvalue weighted by molar-refractivity contribution is -0.147. The van der Waals surface area contributed by atoms with Crippen molar-refractivity contribution in [2.75, 3.05) is 0 Å². The minimum absolute atomic E-state index is 0.385. The van der Waals surface area contributed by atoms with Crippen molar-refractivity contribution in [3.8, 4) is 0 Å². The zero-order valence-corrected chi connectivity index (χ0v) is 12.4. The van der Waals surface area contributed by atoms with Gasteiger partial charge in [-0.2, -0.15) is 0 Å². The molecule has 6 heteroatoms. The van der Waals surface area contributed by atoms with Crippen LogP contribution in [0.15, 0.2) is 60.7 Å². The van der Waals surface area contributed by atoms with Crippen LogP contribution in [0.1, 0.15) is 17.2 Å². The normalized spacial score (nSPS) is 12.4. The van der Waals surface area contributed by atoms with E-state index in [1.165, 1.54) is 0 Å². The predicted octanol–water partition coefficient (Wildman–Crippen LogP) is 1.45. The molecule has 2 aromatic rings. The number of carbonyl (C=O) groups is 2. The molecule has 2 aromatic carbocycles. The van der Waals surface area contributed by atoms with Crippen LogP contribution in [0.4, 0.5) is 0 Å². The maximum atomic E-state index is 10.4. The highest BCUT2D eigenvalue weighted by Crippen LogP contribution is 2.10. The first kappa shape index (κ1) is 18.3. The molecule has 122 valence electrons. The van der Waals surface area contributed by atoms with Crippen LogP contribution in [0.2, 0.25) is 0 Å². The van der Waals surface area contributed by atoms with Gasteiger partial charge in [0.1, 0.15) is 6.04 Å². The zero-order chi connectivity index (χ0) is 17.2. The number of aliphatic hydroxyl groups is 1. The number of hydrogen-bond donors (Lipinski definition) is 4. The quantitative estimate of drug-likeness (QED) is 0.662. The van der Waals surface area contributed by atoms with Gasteiger partial charge in [-0.1, -0.05) is 60.7 Å². The second-order valence-corrected chi connectivity index (χ2v) is 4.79. The van der Waals surface area contributed by atoms with Crippen LogP contribution < -0.4 is 5.73 Å². The lowest BCUT2D eigenvalue weighted by Crippen LogP contribution is -2.32. The molecule has 0 aliphatic carbocycles. The van der Waals surface area contributed by atoms with Crippen LogP contribution in [-0.4, -0.2) is 33.3 Å². The van der Waals surface area contributed by atoms with Crippen molar-refractivity contribution in [3.63, 3.8) is 0 Å². The molecule has 0 fully saturated rings. The monoisotopic (exact) mass is 317 g/mol. The van der Waals surface area contributed by atoms with Gasteiger partial charge in [0.2, 0.25) is 0 Å². The van der Waals surface area contributed by atoms with Gasteiger partial charge in [-0.25, -0.2) is 4.79 Å². The maximum Gasteiger partial charge on any atom is 0.337 e. The first-order chi connectivity index (χ1) is 10.9. The topological polar surface area (TPSA) is 121 Å². The summed E-state index contributed by atoms with van der Waals surface area (Å²) in [6, 6.07) is 16.8. The number of carboxylic acids is 2. The van der Waals surface area contributed by atoms with Gasteiger partial charge in [-0.05, 0) is 17.5 Å². The average Bonchev–Trinajstić information content (AvgIpc) is 2.56. The van der Waals surface area contributed by atoms with Crippen molar-refractivity contribution in [1.29, 1.82) is 0 Å². The standard InChI is InChI=1S/C9H11NO2.C8H8O3/c10-8(9(11)12)6-7-4-2-1-3-5-7;9-7(8(10)11)6-4-2-1-3-5-6/h1-5,8H,6,10H2,(H,11,12);1-5,7,9H,(H,10,11). The predicted molar refractivity (Wildman–Crippen MR) is 84.8 cm³/mol. The highest BCUT2D eigenvalue weighted by Gasteiger charge is 2.14. The fraction of sp³-hybridized carbons (Fsp3) is 0.176. The number of rotatable bonds is 5. The Morgan fingerprint density at radius 1 is 0.870 bits per heavy atom. The van der Waals surface area contributed by atoms with Crippen molar-refractivity contribution in [1.82, 2.24) is 0 Å². The van der Waals surface area contributed by atoms with Crippen LogP contribution in [0.5, 0.6) is 0 Å². The van der Waals surface area contributed by atoms with Gasteiger partial charge in [0.05, 0.1) is 0 Å². The van der Waals surface area contributed by atoms with E-state index in [4.69, 9.17) is 21.1 Å². The molecule has 0 bridgehead atoms. The fourth-order valence-corrected chi connectivity index (χ4v) is 1.73. The van der Waals surface area contributed by atoms with Crippen molar-refractivity contribution < 1.29 is 24.9 Å². The lowest BCUT2D eigenvalue weighted by Gasteiger charge is -2.04. The summed E-state index contributed by atoms with van der Waals surface area (Å²) in [6.45, 7) is 0. The van der Waals surface area contributed by atoms with Crippen LogP contribution in [-0.2, 0) is 16.0 Å². The molecule has 23 heavy (non-hydrogen) atoms. The molecule has 2 rings (SSSR count). The maximum absolute atomic E-state index is 10.4. The van der Waals surface area contributed by atoms with Crippen LogP contribution in [0, 0.1) is 0 Å². The summed E-state index contributed by atoms with van der Waals surface area (Å²) in [6.07, 6.45) is -1.02. The molecule has 2 unspecified atom stereocenters. The summed E-state index contributed by atoms with van der Waals surface area (Å²) >= 11 is 0. The van der Waals surface area contributed by atoms with Gasteiger partial charge in [0, 0.05) is 0 Å². The molecule has 6 nitrogen and oxygen atoms in total. The average molecular weight is 317 g/mol. The Morgan fingerprint density at radius 2 is 1.35 bits per heavy atom. The first-order valence-electron chi connectivity index (χ1n) is 6.90. The molecule has 0 saturated heterocycles. The van der Waals surface area contributed by atoms with Gasteiger partial charge in [0.15, 0.2) is 6.10 Å². The van der Waals surface area contributed by atoms with E-state index in [0.29, 0.717) is 12.0 Å². The summed E-state index contributed by atoms with van der Waals surface area (Å²) < 4.78 is 0. The number of benzene rings is 2. The fourth-order valence-electron chi connectivity index (χ4n) is 1.73. The molecule has 0 aromatic heterocycles. The molecule has 5 N–H and O–H groups in total. The molecular formula is C17H19NO5. The van der Waals surface area contributed by atoms with Crippen molar-refractivity contribution in [2.24, 2.45) is 5.73 Å². The van der Waals surface area contributed by atoms with Crippen molar-refractivity contribution >= 4 is 11.9 Å². The molecule has 0 heterocycles. The van der Waals surface area contributed by atoms with E-state index in [1.54, 1.807) is 30.3 Å². The second-order valence-electron chi connectivity index (χ2n) is 4.79. The van der Waals surface area contributed by atoms with Gasteiger partial charge in [-0.3, -0.25) is 4.79 Å². The molecule has 0 saturated carbocycles. The van der Waals surface area contributed by atoms with E-state index in [2.05, 4.69) is 0 Å². The van der Waals surface area contributed by atoms with Crippen LogP contribution in [0.3, 0.4) is 0 Å². The Morgan fingerprint density at radius 3 is 1.78 bits per heavy atom. The number of aliphatic hydroxyl groups excluding tert-OH is 1. The zero-order valence-electron chi connectivity index (χ0n) is 12.4. The van der Waals surface area contributed by atoms with E-state index in [1.807, 2.05) is 30.3 Å². The molecule has 0 aliphatic heterocycles. The number of aliphatic carboxylic acids is 2. The van der Waals surface area contributed by atoms with Crippen molar-refractivity contribution in [3.05, 3.63) is 71.8 Å². The third kappa shape index (κ3) is 6.73. The lowest BCUT2D eigenvalue weighted by atomic mass is 10.1. The summed E-state index contributed by atoms with van der Waals surface area (Å²) in [5.41, 5.74) is 6.70. The Kier molecular flexibility index (Phi) is 7.45. The second kappa shape index (κ2) is 9.34. The van der Waals surface area contributed by atoms with Crippen LogP contribution in [0.25, 0.3) is 0 Å².